The zero-order chi connectivity index (χ0) is 17.0. The Hall–Kier alpha value is -2.08. The van der Waals surface area contributed by atoms with Crippen LogP contribution in [0.5, 0.6) is 0 Å². The van der Waals surface area contributed by atoms with E-state index in [4.69, 9.17) is 5.73 Å². The van der Waals surface area contributed by atoms with Crippen molar-refractivity contribution in [1.82, 2.24) is 4.90 Å². The third-order valence-corrected chi connectivity index (χ3v) is 4.43. The molecule has 0 saturated carbocycles. The number of benzene rings is 1. The average Bonchev–Trinajstić information content (AvgIpc) is 2.54. The molecular formula is C17H26N4O2. The van der Waals surface area contributed by atoms with Crippen LogP contribution in [0.25, 0.3) is 0 Å². The molecule has 1 aromatic carbocycles. The lowest BCUT2D eigenvalue weighted by Gasteiger charge is -2.34. The van der Waals surface area contributed by atoms with Crippen molar-refractivity contribution >= 4 is 23.2 Å². The molecule has 6 heteroatoms. The van der Waals surface area contributed by atoms with E-state index in [-0.39, 0.29) is 23.8 Å². The normalized spacial score (nSPS) is 19.9. The number of likely N-dealkylation sites (tertiary alicyclic amines) is 1. The molecule has 2 atom stereocenters. The number of nitrogens with zero attached hydrogens (tertiary/aromatic N) is 2. The lowest BCUT2D eigenvalue weighted by Crippen LogP contribution is -2.49. The smallest absolute Gasteiger partial charge is 0.241 e. The maximum atomic E-state index is 12.4. The maximum Gasteiger partial charge on any atom is 0.241 e. The van der Waals surface area contributed by atoms with E-state index in [1.54, 1.807) is 0 Å². The number of hydrogen-bond acceptors (Lipinski definition) is 4. The molecule has 0 aliphatic carbocycles. The van der Waals surface area contributed by atoms with Gasteiger partial charge in [-0.2, -0.15) is 0 Å². The predicted octanol–water partition coefficient (Wildman–Crippen LogP) is 1.28. The van der Waals surface area contributed by atoms with Crippen LogP contribution in [0.15, 0.2) is 24.3 Å². The standard InChI is InChI=1S/C17H26N4O2/c1-12(21-10-4-5-13(11-21)16(18)22)17(23)19-14-6-8-15(9-7-14)20(2)3/h6-9,12-13H,4-5,10-11H2,1-3H3,(H2,18,22)(H,19,23). The topological polar surface area (TPSA) is 78.7 Å². The molecule has 1 aliphatic rings. The summed E-state index contributed by atoms with van der Waals surface area (Å²) < 4.78 is 0. The van der Waals surface area contributed by atoms with Gasteiger partial charge >= 0.3 is 0 Å². The van der Waals surface area contributed by atoms with Crippen LogP contribution in [0.1, 0.15) is 19.8 Å². The Bertz CT molecular complexity index is 556. The summed E-state index contributed by atoms with van der Waals surface area (Å²) in [6, 6.07) is 7.42. The Morgan fingerprint density at radius 2 is 1.96 bits per heavy atom. The fourth-order valence-electron chi connectivity index (χ4n) is 2.85. The highest BCUT2D eigenvalue weighted by molar-refractivity contribution is 5.94. The number of carbonyl (C=O) groups is 2. The number of anilines is 2. The van der Waals surface area contributed by atoms with Gasteiger partial charge in [-0.1, -0.05) is 0 Å². The molecule has 6 nitrogen and oxygen atoms in total. The minimum absolute atomic E-state index is 0.0623. The van der Waals surface area contributed by atoms with Crippen molar-refractivity contribution in [2.24, 2.45) is 11.7 Å². The Morgan fingerprint density at radius 3 is 2.52 bits per heavy atom. The highest BCUT2D eigenvalue weighted by Crippen LogP contribution is 2.20. The quantitative estimate of drug-likeness (QED) is 0.857. The van der Waals surface area contributed by atoms with Crippen molar-refractivity contribution in [3.8, 4) is 0 Å². The molecule has 3 N–H and O–H groups in total. The highest BCUT2D eigenvalue weighted by Gasteiger charge is 2.29. The summed E-state index contributed by atoms with van der Waals surface area (Å²) in [4.78, 5) is 27.8. The van der Waals surface area contributed by atoms with Crippen molar-refractivity contribution in [3.05, 3.63) is 24.3 Å². The second kappa shape index (κ2) is 7.46. The Kier molecular flexibility index (Phi) is 5.60. The number of piperidine rings is 1. The zero-order valence-corrected chi connectivity index (χ0v) is 14.1. The second-order valence-electron chi connectivity index (χ2n) is 6.34. The largest absolute Gasteiger partial charge is 0.378 e. The summed E-state index contributed by atoms with van der Waals surface area (Å²) in [6.07, 6.45) is 1.70. The monoisotopic (exact) mass is 318 g/mol. The number of carbonyl (C=O) groups excluding carboxylic acids is 2. The maximum absolute atomic E-state index is 12.4. The molecule has 2 amide bonds. The second-order valence-corrected chi connectivity index (χ2v) is 6.34. The summed E-state index contributed by atoms with van der Waals surface area (Å²) in [5.74, 6) is -0.493. The van der Waals surface area contributed by atoms with E-state index in [1.807, 2.05) is 55.1 Å². The first-order valence-corrected chi connectivity index (χ1v) is 8.00. The lowest BCUT2D eigenvalue weighted by molar-refractivity contribution is -0.127. The van der Waals surface area contributed by atoms with E-state index >= 15 is 0 Å². The number of nitrogens with two attached hydrogens (primary N) is 1. The van der Waals surface area contributed by atoms with Crippen LogP contribution in [0.3, 0.4) is 0 Å². The zero-order valence-electron chi connectivity index (χ0n) is 14.1. The van der Waals surface area contributed by atoms with Gasteiger partial charge in [0.05, 0.1) is 12.0 Å². The molecule has 0 aromatic heterocycles. The number of hydrogen-bond donors (Lipinski definition) is 2. The van der Waals surface area contributed by atoms with Crippen LogP contribution >= 0.6 is 0 Å². The average molecular weight is 318 g/mol. The van der Waals surface area contributed by atoms with Gasteiger partial charge in [-0.15, -0.1) is 0 Å². The minimum atomic E-state index is -0.286. The first kappa shape index (κ1) is 17.3. The van der Waals surface area contributed by atoms with E-state index in [0.29, 0.717) is 6.54 Å². The van der Waals surface area contributed by atoms with E-state index in [9.17, 15) is 9.59 Å². The van der Waals surface area contributed by atoms with Crippen LogP contribution in [-0.4, -0.2) is 49.9 Å². The molecule has 23 heavy (non-hydrogen) atoms. The predicted molar refractivity (Wildman–Crippen MR) is 92.4 cm³/mol. The lowest BCUT2D eigenvalue weighted by atomic mass is 9.96. The number of rotatable bonds is 5. The highest BCUT2D eigenvalue weighted by atomic mass is 16.2. The summed E-state index contributed by atoms with van der Waals surface area (Å²) in [5.41, 5.74) is 7.25. The van der Waals surface area contributed by atoms with Crippen LogP contribution in [-0.2, 0) is 9.59 Å². The summed E-state index contributed by atoms with van der Waals surface area (Å²) in [7, 11) is 3.95. The summed E-state index contributed by atoms with van der Waals surface area (Å²) >= 11 is 0. The van der Waals surface area contributed by atoms with E-state index in [0.717, 1.165) is 30.8 Å². The van der Waals surface area contributed by atoms with Crippen molar-refractivity contribution < 1.29 is 9.59 Å². The van der Waals surface area contributed by atoms with Crippen LogP contribution in [0.2, 0.25) is 0 Å². The SMILES string of the molecule is CC(C(=O)Nc1ccc(N(C)C)cc1)N1CCCC(C(N)=O)C1. The van der Waals surface area contributed by atoms with Gasteiger partial charge in [-0.3, -0.25) is 14.5 Å². The van der Waals surface area contributed by atoms with Crippen molar-refractivity contribution in [2.75, 3.05) is 37.4 Å². The Morgan fingerprint density at radius 1 is 1.30 bits per heavy atom. The summed E-state index contributed by atoms with van der Waals surface area (Å²) in [5, 5.41) is 2.93. The third-order valence-electron chi connectivity index (χ3n) is 4.43. The van der Waals surface area contributed by atoms with Crippen molar-refractivity contribution in [3.63, 3.8) is 0 Å². The van der Waals surface area contributed by atoms with Crippen LogP contribution in [0.4, 0.5) is 11.4 Å². The molecule has 2 unspecified atom stereocenters. The molecule has 0 bridgehead atoms. The minimum Gasteiger partial charge on any atom is -0.378 e. The number of amides is 2. The molecule has 0 spiro atoms. The number of primary amides is 1. The van der Waals surface area contributed by atoms with Crippen molar-refractivity contribution in [2.45, 2.75) is 25.8 Å². The van der Waals surface area contributed by atoms with Crippen LogP contribution in [0, 0.1) is 5.92 Å². The van der Waals surface area contributed by atoms with E-state index < -0.39 is 0 Å². The first-order chi connectivity index (χ1) is 10.9. The van der Waals surface area contributed by atoms with Gasteiger partial charge in [0.15, 0.2) is 0 Å². The van der Waals surface area contributed by atoms with E-state index in [1.165, 1.54) is 0 Å². The summed E-state index contributed by atoms with van der Waals surface area (Å²) in [6.45, 7) is 3.24. The number of nitrogens with one attached hydrogen (secondary N) is 1. The van der Waals surface area contributed by atoms with Gasteiger partial charge in [0.25, 0.3) is 0 Å². The first-order valence-electron chi connectivity index (χ1n) is 8.00. The molecule has 1 fully saturated rings. The molecule has 126 valence electrons. The van der Waals surface area contributed by atoms with Gasteiger partial charge in [0.2, 0.25) is 11.8 Å². The molecular weight excluding hydrogens is 292 g/mol. The molecule has 1 aliphatic heterocycles. The molecule has 1 aromatic rings. The molecule has 1 saturated heterocycles. The van der Waals surface area contributed by atoms with Gasteiger partial charge in [0, 0.05) is 32.0 Å². The molecule has 2 rings (SSSR count). The fourth-order valence-corrected chi connectivity index (χ4v) is 2.85. The van der Waals surface area contributed by atoms with Crippen molar-refractivity contribution in [1.29, 1.82) is 0 Å². The van der Waals surface area contributed by atoms with Gasteiger partial charge in [0.1, 0.15) is 0 Å². The van der Waals surface area contributed by atoms with E-state index in [2.05, 4.69) is 5.32 Å². The molecule has 0 radical (unpaired) electrons. The van der Waals surface area contributed by atoms with Gasteiger partial charge < -0.3 is 16.0 Å². The fraction of sp³-hybridized carbons (Fsp3) is 0.529. The van der Waals surface area contributed by atoms with Crippen LogP contribution < -0.4 is 16.0 Å². The Balaban J connectivity index is 1.95. The molecule has 1 heterocycles. The van der Waals surface area contributed by atoms with Gasteiger partial charge in [-0.25, -0.2) is 0 Å². The Labute approximate surface area is 137 Å². The third kappa shape index (κ3) is 4.45. The van der Waals surface area contributed by atoms with Gasteiger partial charge in [-0.05, 0) is 50.6 Å².